The first-order valence-corrected chi connectivity index (χ1v) is 13.3. The molecule has 2 atom stereocenters. The van der Waals surface area contributed by atoms with Gasteiger partial charge in [-0.05, 0) is 74.0 Å². The number of rotatable bonds is 9. The van der Waals surface area contributed by atoms with E-state index >= 15 is 0 Å². The van der Waals surface area contributed by atoms with Crippen molar-refractivity contribution in [2.24, 2.45) is 0 Å². The number of halogens is 1. The van der Waals surface area contributed by atoms with Crippen LogP contribution in [0.25, 0.3) is 0 Å². The third-order valence-electron chi connectivity index (χ3n) is 7.30. The molecule has 172 valence electrons. The van der Waals surface area contributed by atoms with Gasteiger partial charge in [0.2, 0.25) is 10.0 Å². The molecule has 2 fully saturated rings. The van der Waals surface area contributed by atoms with E-state index in [1.165, 1.54) is 12.0 Å². The molecule has 0 radical (unpaired) electrons. The topological polar surface area (TPSA) is 58.6 Å². The minimum atomic E-state index is -3.28. The fourth-order valence-corrected chi connectivity index (χ4v) is 6.69. The highest BCUT2D eigenvalue weighted by Gasteiger charge is 2.39. The zero-order chi connectivity index (χ0) is 22.1. The summed E-state index contributed by atoms with van der Waals surface area (Å²) in [7, 11) is -3.28. The first-order chi connectivity index (χ1) is 15.5. The molecule has 5 rings (SSSR count). The van der Waals surface area contributed by atoms with E-state index in [0.29, 0.717) is 12.0 Å². The quantitative estimate of drug-likeness (QED) is 0.583. The number of nitrogens with zero attached hydrogens (tertiary/aromatic N) is 1. The van der Waals surface area contributed by atoms with E-state index in [4.69, 9.17) is 4.74 Å². The Morgan fingerprint density at radius 2 is 1.88 bits per heavy atom. The Morgan fingerprint density at radius 3 is 2.53 bits per heavy atom. The Hall–Kier alpha value is -1.96. The monoisotopic (exact) mass is 458 g/mol. The summed E-state index contributed by atoms with van der Waals surface area (Å²) in [5.74, 6) is 0.148. The van der Waals surface area contributed by atoms with Crippen molar-refractivity contribution < 1.29 is 17.5 Å². The van der Waals surface area contributed by atoms with E-state index in [1.807, 2.05) is 12.1 Å². The lowest BCUT2D eigenvalue weighted by Gasteiger charge is -2.39. The van der Waals surface area contributed by atoms with Crippen LogP contribution in [-0.4, -0.2) is 50.9 Å². The molecule has 0 spiro atoms. The first kappa shape index (κ1) is 21.9. The third kappa shape index (κ3) is 4.43. The van der Waals surface area contributed by atoms with Crippen molar-refractivity contribution >= 4 is 10.0 Å². The van der Waals surface area contributed by atoms with Crippen LogP contribution in [0.15, 0.2) is 42.5 Å². The van der Waals surface area contributed by atoms with Crippen LogP contribution < -0.4 is 9.46 Å². The van der Waals surface area contributed by atoms with Crippen molar-refractivity contribution in [3.05, 3.63) is 65.0 Å². The number of fused-ring (bicyclic) bond motifs is 1. The summed E-state index contributed by atoms with van der Waals surface area (Å²) in [6.07, 6.45) is 5.41. The van der Waals surface area contributed by atoms with E-state index in [2.05, 4.69) is 33.9 Å². The van der Waals surface area contributed by atoms with E-state index in [1.54, 1.807) is 6.07 Å². The molecule has 0 bridgehead atoms. The maximum absolute atomic E-state index is 14.8. The predicted molar refractivity (Wildman–Crippen MR) is 123 cm³/mol. The second kappa shape index (κ2) is 9.12. The number of hydrogen-bond acceptors (Lipinski definition) is 4. The van der Waals surface area contributed by atoms with Crippen molar-refractivity contribution in [2.45, 2.75) is 55.7 Å². The molecular formula is C25H31FN2O3S. The molecule has 2 unspecified atom stereocenters. The van der Waals surface area contributed by atoms with Gasteiger partial charge in [-0.2, -0.15) is 0 Å². The molecule has 32 heavy (non-hydrogen) atoms. The largest absolute Gasteiger partial charge is 0.489 e. The van der Waals surface area contributed by atoms with Gasteiger partial charge in [0.25, 0.3) is 0 Å². The summed E-state index contributed by atoms with van der Waals surface area (Å²) in [5, 5.41) is -0.281. The smallest absolute Gasteiger partial charge is 0.214 e. The molecule has 5 nitrogen and oxygen atoms in total. The van der Waals surface area contributed by atoms with Crippen LogP contribution >= 0.6 is 0 Å². The van der Waals surface area contributed by atoms with Crippen LogP contribution in [0.4, 0.5) is 4.39 Å². The van der Waals surface area contributed by atoms with Crippen LogP contribution in [0.1, 0.15) is 48.3 Å². The lowest BCUT2D eigenvalue weighted by atomic mass is 9.89. The number of hydrogen-bond donors (Lipinski definition) is 1. The van der Waals surface area contributed by atoms with Gasteiger partial charge in [-0.1, -0.05) is 36.8 Å². The SMILES string of the molecule is O=S(=O)(NCCOc1cc2c(cc1F)CC(N1CCC1)C2Cc1ccccc1)C1CCC1. The molecule has 1 aliphatic heterocycles. The van der Waals surface area contributed by atoms with E-state index in [0.717, 1.165) is 56.3 Å². The summed E-state index contributed by atoms with van der Waals surface area (Å²) in [5.41, 5.74) is 3.52. The average Bonchev–Trinajstić information content (AvgIpc) is 2.99. The molecule has 2 aromatic rings. The maximum atomic E-state index is 14.8. The highest BCUT2D eigenvalue weighted by Crippen LogP contribution is 2.42. The molecule has 7 heteroatoms. The lowest BCUT2D eigenvalue weighted by Crippen LogP contribution is -2.47. The third-order valence-corrected chi connectivity index (χ3v) is 9.25. The Bertz CT molecular complexity index is 1050. The number of nitrogens with one attached hydrogen (secondary N) is 1. The Labute approximate surface area is 190 Å². The van der Waals surface area contributed by atoms with Crippen LogP contribution in [0, 0.1) is 5.82 Å². The normalized spacial score (nSPS) is 23.4. The maximum Gasteiger partial charge on any atom is 0.214 e. The van der Waals surface area contributed by atoms with Crippen LogP contribution in [0.5, 0.6) is 5.75 Å². The lowest BCUT2D eigenvalue weighted by molar-refractivity contribution is 0.106. The van der Waals surface area contributed by atoms with Crippen molar-refractivity contribution in [3.8, 4) is 5.75 Å². The van der Waals surface area contributed by atoms with Crippen LogP contribution in [-0.2, 0) is 22.9 Å². The van der Waals surface area contributed by atoms with Crippen molar-refractivity contribution in [1.29, 1.82) is 0 Å². The van der Waals surface area contributed by atoms with Gasteiger partial charge in [0, 0.05) is 18.5 Å². The minimum Gasteiger partial charge on any atom is -0.489 e. The van der Waals surface area contributed by atoms with Gasteiger partial charge in [0.05, 0.1) is 5.25 Å². The van der Waals surface area contributed by atoms with Crippen LogP contribution in [0.2, 0.25) is 0 Å². The molecule has 1 saturated heterocycles. The van der Waals surface area contributed by atoms with Gasteiger partial charge < -0.3 is 4.74 Å². The fraction of sp³-hybridized carbons (Fsp3) is 0.520. The molecule has 1 heterocycles. The zero-order valence-corrected chi connectivity index (χ0v) is 19.1. The summed E-state index contributed by atoms with van der Waals surface area (Å²) in [4.78, 5) is 2.52. The number of likely N-dealkylation sites (tertiary alicyclic amines) is 1. The van der Waals surface area contributed by atoms with Crippen molar-refractivity contribution in [1.82, 2.24) is 9.62 Å². The summed E-state index contributed by atoms with van der Waals surface area (Å²) >= 11 is 0. The van der Waals surface area contributed by atoms with Gasteiger partial charge in [0.1, 0.15) is 6.61 Å². The molecule has 2 aliphatic carbocycles. The average molecular weight is 459 g/mol. The zero-order valence-electron chi connectivity index (χ0n) is 18.3. The highest BCUT2D eigenvalue weighted by molar-refractivity contribution is 7.90. The van der Waals surface area contributed by atoms with Crippen molar-refractivity contribution in [2.75, 3.05) is 26.2 Å². The number of sulfonamides is 1. The second-order valence-corrected chi connectivity index (χ2v) is 11.3. The van der Waals surface area contributed by atoms with Gasteiger partial charge >= 0.3 is 0 Å². The van der Waals surface area contributed by atoms with E-state index < -0.39 is 10.0 Å². The van der Waals surface area contributed by atoms with Gasteiger partial charge in [0.15, 0.2) is 11.6 Å². The molecule has 0 aromatic heterocycles. The first-order valence-electron chi connectivity index (χ1n) is 11.7. The summed E-state index contributed by atoms with van der Waals surface area (Å²) < 4.78 is 47.4. The Balaban J connectivity index is 1.29. The summed E-state index contributed by atoms with van der Waals surface area (Å²) in [6.45, 7) is 2.48. The number of benzene rings is 2. The van der Waals surface area contributed by atoms with E-state index in [9.17, 15) is 12.8 Å². The standard InChI is InChI=1S/C25H31FN2O3S/c26-23-15-19-16-24(28-11-5-12-28)22(14-18-6-2-1-3-7-18)21(19)17-25(23)31-13-10-27-32(29,30)20-8-4-9-20/h1-3,6-7,15,17,20,22,24,27H,4-5,8-14,16H2. The Kier molecular flexibility index (Phi) is 6.23. The Morgan fingerprint density at radius 1 is 1.09 bits per heavy atom. The van der Waals surface area contributed by atoms with Gasteiger partial charge in [-0.3, -0.25) is 4.90 Å². The molecule has 2 aromatic carbocycles. The number of ether oxygens (including phenoxy) is 1. The van der Waals surface area contributed by atoms with E-state index in [-0.39, 0.29) is 30.0 Å². The van der Waals surface area contributed by atoms with Crippen molar-refractivity contribution in [3.63, 3.8) is 0 Å². The predicted octanol–water partition coefficient (Wildman–Crippen LogP) is 3.63. The molecular weight excluding hydrogens is 427 g/mol. The minimum absolute atomic E-state index is 0.112. The van der Waals surface area contributed by atoms with Crippen LogP contribution in [0.3, 0.4) is 0 Å². The molecule has 1 saturated carbocycles. The molecule has 3 aliphatic rings. The van der Waals surface area contributed by atoms with Gasteiger partial charge in [-0.15, -0.1) is 0 Å². The second-order valence-electron chi connectivity index (χ2n) is 9.28. The van der Waals surface area contributed by atoms with Gasteiger partial charge in [-0.25, -0.2) is 17.5 Å². The molecule has 0 amide bonds. The molecule has 1 N–H and O–H groups in total. The highest BCUT2D eigenvalue weighted by atomic mass is 32.2. The fourth-order valence-electron chi connectivity index (χ4n) is 5.13. The summed E-state index contributed by atoms with van der Waals surface area (Å²) in [6, 6.07) is 14.3.